The van der Waals surface area contributed by atoms with E-state index in [1.807, 2.05) is 27.7 Å². The first-order chi connectivity index (χ1) is 8.16. The second-order valence-corrected chi connectivity index (χ2v) is 6.17. The van der Waals surface area contributed by atoms with E-state index in [2.05, 4.69) is 22.4 Å². The summed E-state index contributed by atoms with van der Waals surface area (Å²) in [4.78, 5) is 0. The van der Waals surface area contributed by atoms with Crippen LogP contribution in [0.4, 0.5) is 0 Å². The molecule has 0 spiro atoms. The summed E-state index contributed by atoms with van der Waals surface area (Å²) in [6.07, 6.45) is 1.30. The number of rotatable bonds is 6. The molecule has 100 valence electrons. The minimum atomic E-state index is -0.830. The van der Waals surface area contributed by atoms with E-state index in [9.17, 15) is 10.5 Å². The summed E-state index contributed by atoms with van der Waals surface area (Å²) >= 11 is 0. The van der Waals surface area contributed by atoms with Gasteiger partial charge >= 0.3 is 0 Å². The summed E-state index contributed by atoms with van der Waals surface area (Å²) in [7, 11) is 0. The molecule has 0 aliphatic rings. The molecule has 0 aromatic carbocycles. The summed E-state index contributed by atoms with van der Waals surface area (Å²) < 4.78 is 0. The van der Waals surface area contributed by atoms with Crippen LogP contribution in [0.1, 0.15) is 54.4 Å². The highest BCUT2D eigenvalue weighted by Crippen LogP contribution is 2.25. The molecule has 0 radical (unpaired) electrons. The smallest absolute Gasteiger partial charge is 0.165 e. The molecule has 2 atom stereocenters. The van der Waals surface area contributed by atoms with Gasteiger partial charge in [-0.25, -0.2) is 0 Å². The van der Waals surface area contributed by atoms with Crippen molar-refractivity contribution in [2.45, 2.75) is 65.5 Å². The molecule has 0 fully saturated rings. The molecule has 18 heavy (non-hydrogen) atoms. The van der Waals surface area contributed by atoms with Gasteiger partial charge in [0.1, 0.15) is 0 Å². The Morgan fingerprint density at radius 2 is 1.11 bits per heavy atom. The van der Waals surface area contributed by atoms with Crippen LogP contribution in [0.5, 0.6) is 0 Å². The van der Waals surface area contributed by atoms with Gasteiger partial charge in [-0.3, -0.25) is 0 Å². The zero-order valence-electron chi connectivity index (χ0n) is 12.4. The summed E-state index contributed by atoms with van der Waals surface area (Å²) in [5.41, 5.74) is -1.66. The number of hydrogen-bond acceptors (Lipinski definition) is 4. The minimum Gasteiger partial charge on any atom is -0.196 e. The fourth-order valence-corrected chi connectivity index (χ4v) is 2.03. The van der Waals surface area contributed by atoms with Gasteiger partial charge in [-0.2, -0.15) is 20.8 Å². The topological polar surface area (TPSA) is 72.3 Å². The fourth-order valence-electron chi connectivity index (χ4n) is 2.03. The van der Waals surface area contributed by atoms with Crippen molar-refractivity contribution in [3.05, 3.63) is 0 Å². The maximum atomic E-state index is 9.20. The van der Waals surface area contributed by atoms with Crippen LogP contribution < -0.4 is 0 Å². The van der Waals surface area contributed by atoms with Crippen molar-refractivity contribution in [3.63, 3.8) is 0 Å². The lowest BCUT2D eigenvalue weighted by molar-refractivity contribution is 0.384. The standard InChI is InChI=1S/C14H24N4/c1-11(2)7-13(5,9-15)17-18-14(6,10-16)8-12(3)4/h11-12H,7-8H2,1-6H3/t13-,14-/m1/s1. The van der Waals surface area contributed by atoms with Gasteiger partial charge in [-0.05, 0) is 38.5 Å². The Morgan fingerprint density at radius 3 is 1.28 bits per heavy atom. The highest BCUT2D eigenvalue weighted by atomic mass is 15.2. The number of hydrogen-bond donors (Lipinski definition) is 0. The third-order valence-corrected chi connectivity index (χ3v) is 2.58. The van der Waals surface area contributed by atoms with E-state index in [0.717, 1.165) is 0 Å². The van der Waals surface area contributed by atoms with Gasteiger partial charge < -0.3 is 0 Å². The van der Waals surface area contributed by atoms with E-state index in [-0.39, 0.29) is 0 Å². The molecule has 0 aromatic rings. The van der Waals surface area contributed by atoms with Crippen LogP contribution in [-0.2, 0) is 0 Å². The Kier molecular flexibility index (Phi) is 5.98. The zero-order chi connectivity index (χ0) is 14.4. The molecule has 0 aromatic heterocycles. The molecule has 4 heteroatoms. The molecule has 0 amide bonds. The van der Waals surface area contributed by atoms with Gasteiger partial charge in [0.25, 0.3) is 0 Å². The van der Waals surface area contributed by atoms with Gasteiger partial charge in [0.15, 0.2) is 11.1 Å². The number of nitriles is 2. The summed E-state index contributed by atoms with van der Waals surface area (Å²) in [6, 6.07) is 4.38. The molecular formula is C14H24N4. The molecule has 0 N–H and O–H groups in total. The van der Waals surface area contributed by atoms with E-state index >= 15 is 0 Å². The molecule has 0 aliphatic heterocycles. The quantitative estimate of drug-likeness (QED) is 0.664. The lowest BCUT2D eigenvalue weighted by Crippen LogP contribution is -2.26. The molecule has 0 rings (SSSR count). The molecule has 0 saturated carbocycles. The predicted molar refractivity (Wildman–Crippen MR) is 71.8 cm³/mol. The molecule has 0 unspecified atom stereocenters. The van der Waals surface area contributed by atoms with E-state index in [0.29, 0.717) is 24.7 Å². The van der Waals surface area contributed by atoms with Gasteiger partial charge in [0.2, 0.25) is 0 Å². The van der Waals surface area contributed by atoms with Crippen LogP contribution in [0.25, 0.3) is 0 Å². The first kappa shape index (κ1) is 16.6. The largest absolute Gasteiger partial charge is 0.196 e. The predicted octanol–water partition coefficient (Wildman–Crippen LogP) is 4.10. The lowest BCUT2D eigenvalue weighted by atomic mass is 9.92. The molecule has 0 bridgehead atoms. The summed E-state index contributed by atoms with van der Waals surface area (Å²) in [5.74, 6) is 0.735. The van der Waals surface area contributed by atoms with E-state index < -0.39 is 11.1 Å². The molecule has 4 nitrogen and oxygen atoms in total. The Labute approximate surface area is 111 Å². The van der Waals surface area contributed by atoms with Crippen LogP contribution >= 0.6 is 0 Å². The monoisotopic (exact) mass is 248 g/mol. The molecule has 0 aliphatic carbocycles. The average molecular weight is 248 g/mol. The maximum Gasteiger partial charge on any atom is 0.165 e. The van der Waals surface area contributed by atoms with Crippen molar-refractivity contribution < 1.29 is 0 Å². The molecule has 0 saturated heterocycles. The molecule has 0 heterocycles. The maximum absolute atomic E-state index is 9.20. The van der Waals surface area contributed by atoms with Crippen molar-refractivity contribution in [1.29, 1.82) is 10.5 Å². The van der Waals surface area contributed by atoms with Crippen LogP contribution in [0, 0.1) is 34.5 Å². The SMILES string of the molecule is CC(C)C[C@](C)(C#N)N=N[C@@](C)(C#N)CC(C)C. The van der Waals surface area contributed by atoms with Crippen molar-refractivity contribution in [2.75, 3.05) is 0 Å². The first-order valence-electron chi connectivity index (χ1n) is 6.43. The summed E-state index contributed by atoms with van der Waals surface area (Å²) in [5, 5.41) is 26.7. The van der Waals surface area contributed by atoms with Crippen molar-refractivity contribution >= 4 is 0 Å². The number of nitrogens with zero attached hydrogens (tertiary/aromatic N) is 4. The Balaban J connectivity index is 4.98. The van der Waals surface area contributed by atoms with Gasteiger partial charge in [0.05, 0.1) is 12.1 Å². The third-order valence-electron chi connectivity index (χ3n) is 2.58. The van der Waals surface area contributed by atoms with Crippen LogP contribution in [-0.4, -0.2) is 11.1 Å². The Morgan fingerprint density at radius 1 is 0.833 bits per heavy atom. The highest BCUT2D eigenvalue weighted by molar-refractivity contribution is 5.07. The minimum absolute atomic E-state index is 0.368. The Hall–Kier alpha value is -1.42. The van der Waals surface area contributed by atoms with Gasteiger partial charge in [-0.1, -0.05) is 27.7 Å². The zero-order valence-corrected chi connectivity index (χ0v) is 12.4. The second kappa shape index (κ2) is 6.50. The van der Waals surface area contributed by atoms with Crippen molar-refractivity contribution in [1.82, 2.24) is 0 Å². The van der Waals surface area contributed by atoms with E-state index in [1.165, 1.54) is 0 Å². The summed E-state index contributed by atoms with van der Waals surface area (Å²) in [6.45, 7) is 11.7. The van der Waals surface area contributed by atoms with Crippen LogP contribution in [0.3, 0.4) is 0 Å². The van der Waals surface area contributed by atoms with Gasteiger partial charge in [-0.15, -0.1) is 0 Å². The van der Waals surface area contributed by atoms with E-state index in [1.54, 1.807) is 13.8 Å². The van der Waals surface area contributed by atoms with Gasteiger partial charge in [0, 0.05) is 0 Å². The number of azo groups is 1. The second-order valence-electron chi connectivity index (χ2n) is 6.17. The molecular weight excluding hydrogens is 224 g/mol. The van der Waals surface area contributed by atoms with E-state index in [4.69, 9.17) is 0 Å². The highest BCUT2D eigenvalue weighted by Gasteiger charge is 2.29. The van der Waals surface area contributed by atoms with Crippen LogP contribution in [0.2, 0.25) is 0 Å². The third kappa shape index (κ3) is 5.77. The normalized spacial score (nSPS) is 18.3. The fraction of sp³-hybridized carbons (Fsp3) is 0.857. The van der Waals surface area contributed by atoms with Crippen molar-refractivity contribution in [2.24, 2.45) is 22.1 Å². The van der Waals surface area contributed by atoms with Crippen molar-refractivity contribution in [3.8, 4) is 12.1 Å². The van der Waals surface area contributed by atoms with Crippen LogP contribution in [0.15, 0.2) is 10.2 Å². The first-order valence-corrected chi connectivity index (χ1v) is 6.43. The average Bonchev–Trinajstić information content (AvgIpc) is 2.25. The Bertz CT molecular complexity index is 336. The lowest BCUT2D eigenvalue weighted by Gasteiger charge is -2.22.